The first-order valence-electron chi connectivity index (χ1n) is 8.45. The predicted molar refractivity (Wildman–Crippen MR) is 84.6 cm³/mol. The molecule has 3 N–H and O–H groups in total. The molecular formula is C18H25FN2O. The molecule has 1 aromatic carbocycles. The van der Waals surface area contributed by atoms with Gasteiger partial charge in [0.2, 0.25) is 5.91 Å². The van der Waals surface area contributed by atoms with E-state index in [1.165, 1.54) is 18.9 Å². The molecule has 0 radical (unpaired) electrons. The smallest absolute Gasteiger partial charge is 0.223 e. The lowest BCUT2D eigenvalue weighted by Gasteiger charge is -2.27. The first-order valence-corrected chi connectivity index (χ1v) is 8.45. The Bertz CT molecular complexity index is 528. The Hall–Kier alpha value is -1.42. The van der Waals surface area contributed by atoms with Crippen LogP contribution in [0.5, 0.6) is 0 Å². The van der Waals surface area contributed by atoms with Crippen molar-refractivity contribution < 1.29 is 9.18 Å². The number of benzene rings is 1. The fourth-order valence-electron chi connectivity index (χ4n) is 3.99. The van der Waals surface area contributed by atoms with E-state index in [9.17, 15) is 9.18 Å². The molecule has 1 aromatic rings. The highest BCUT2D eigenvalue weighted by molar-refractivity contribution is 5.79. The molecule has 3 nitrogen and oxygen atoms in total. The van der Waals surface area contributed by atoms with Crippen LogP contribution in [0.1, 0.15) is 56.6 Å². The van der Waals surface area contributed by atoms with Gasteiger partial charge in [0.1, 0.15) is 5.82 Å². The second kappa shape index (κ2) is 6.78. The van der Waals surface area contributed by atoms with Gasteiger partial charge in [0.25, 0.3) is 0 Å². The first kappa shape index (κ1) is 15.5. The fourth-order valence-corrected chi connectivity index (χ4v) is 3.99. The summed E-state index contributed by atoms with van der Waals surface area (Å²) in [6.07, 6.45) is 6.96. The summed E-state index contributed by atoms with van der Waals surface area (Å²) in [7, 11) is 0. The van der Waals surface area contributed by atoms with E-state index < -0.39 is 0 Å². The van der Waals surface area contributed by atoms with Crippen molar-refractivity contribution in [1.82, 2.24) is 5.32 Å². The van der Waals surface area contributed by atoms with Gasteiger partial charge in [-0.2, -0.15) is 0 Å². The van der Waals surface area contributed by atoms with E-state index in [0.29, 0.717) is 11.5 Å². The van der Waals surface area contributed by atoms with Crippen LogP contribution in [0.25, 0.3) is 0 Å². The van der Waals surface area contributed by atoms with Gasteiger partial charge in [0, 0.05) is 17.5 Å². The summed E-state index contributed by atoms with van der Waals surface area (Å²) in [4.78, 5) is 12.6. The van der Waals surface area contributed by atoms with E-state index in [2.05, 4.69) is 5.32 Å². The topological polar surface area (TPSA) is 55.1 Å². The quantitative estimate of drug-likeness (QED) is 0.896. The van der Waals surface area contributed by atoms with Crippen molar-refractivity contribution in [3.63, 3.8) is 0 Å². The molecule has 120 valence electrons. The number of hydrogen-bond acceptors (Lipinski definition) is 2. The molecule has 22 heavy (non-hydrogen) atoms. The highest BCUT2D eigenvalue weighted by atomic mass is 19.1. The van der Waals surface area contributed by atoms with Crippen molar-refractivity contribution in [3.8, 4) is 0 Å². The number of carbonyl (C=O) groups is 1. The van der Waals surface area contributed by atoms with Gasteiger partial charge in [-0.3, -0.25) is 4.79 Å². The summed E-state index contributed by atoms with van der Waals surface area (Å²) < 4.78 is 14.2. The molecule has 0 saturated heterocycles. The van der Waals surface area contributed by atoms with E-state index in [0.717, 1.165) is 32.1 Å². The maximum Gasteiger partial charge on any atom is 0.223 e. The zero-order valence-electron chi connectivity index (χ0n) is 12.9. The van der Waals surface area contributed by atoms with Gasteiger partial charge in [-0.05, 0) is 44.1 Å². The molecule has 2 fully saturated rings. The molecule has 1 amide bonds. The molecule has 0 heterocycles. The van der Waals surface area contributed by atoms with Crippen LogP contribution in [0.4, 0.5) is 4.39 Å². The van der Waals surface area contributed by atoms with Crippen LogP contribution in [0.2, 0.25) is 0 Å². The van der Waals surface area contributed by atoms with Gasteiger partial charge in [-0.25, -0.2) is 4.39 Å². The van der Waals surface area contributed by atoms with Gasteiger partial charge in [-0.15, -0.1) is 0 Å². The minimum Gasteiger partial charge on any atom is -0.349 e. The number of amides is 1. The largest absolute Gasteiger partial charge is 0.349 e. The van der Waals surface area contributed by atoms with E-state index >= 15 is 0 Å². The zero-order chi connectivity index (χ0) is 15.5. The van der Waals surface area contributed by atoms with Crippen LogP contribution in [0.15, 0.2) is 24.3 Å². The SMILES string of the molecule is NC1CCC(C(=O)NC(c2ccccc2F)C2CCCC2)C1. The molecule has 2 saturated carbocycles. The molecule has 0 aromatic heterocycles. The second-order valence-corrected chi connectivity index (χ2v) is 6.82. The van der Waals surface area contributed by atoms with Crippen LogP contribution in [-0.2, 0) is 4.79 Å². The highest BCUT2D eigenvalue weighted by Crippen LogP contribution is 2.37. The lowest BCUT2D eigenvalue weighted by atomic mass is 9.90. The number of nitrogens with one attached hydrogen (secondary N) is 1. The lowest BCUT2D eigenvalue weighted by molar-refractivity contribution is -0.126. The molecule has 0 bridgehead atoms. The molecular weight excluding hydrogens is 279 g/mol. The predicted octanol–water partition coefficient (Wildman–Crippen LogP) is 3.30. The van der Waals surface area contributed by atoms with Crippen molar-refractivity contribution in [2.75, 3.05) is 0 Å². The first-order chi connectivity index (χ1) is 10.6. The Balaban J connectivity index is 1.77. The van der Waals surface area contributed by atoms with Crippen molar-refractivity contribution in [2.24, 2.45) is 17.6 Å². The maximum atomic E-state index is 14.2. The van der Waals surface area contributed by atoms with Crippen LogP contribution in [0, 0.1) is 17.7 Å². The summed E-state index contributed by atoms with van der Waals surface area (Å²) in [5, 5.41) is 3.14. The van der Waals surface area contributed by atoms with E-state index in [4.69, 9.17) is 5.73 Å². The van der Waals surface area contributed by atoms with E-state index in [1.54, 1.807) is 12.1 Å². The highest BCUT2D eigenvalue weighted by Gasteiger charge is 2.33. The minimum absolute atomic E-state index is 0.00863. The summed E-state index contributed by atoms with van der Waals surface area (Å²) in [5.41, 5.74) is 6.54. The molecule has 3 atom stereocenters. The number of halogens is 1. The van der Waals surface area contributed by atoms with Gasteiger partial charge in [0.05, 0.1) is 6.04 Å². The van der Waals surface area contributed by atoms with Gasteiger partial charge in [0.15, 0.2) is 0 Å². The molecule has 2 aliphatic carbocycles. The standard InChI is InChI=1S/C18H25FN2O/c19-16-8-4-3-7-15(16)17(12-5-1-2-6-12)21-18(22)13-9-10-14(20)11-13/h3-4,7-8,12-14,17H,1-2,5-6,9-11,20H2,(H,21,22). The summed E-state index contributed by atoms with van der Waals surface area (Å²) >= 11 is 0. The van der Waals surface area contributed by atoms with Crippen molar-refractivity contribution in [2.45, 2.75) is 57.0 Å². The monoisotopic (exact) mass is 304 g/mol. The van der Waals surface area contributed by atoms with Crippen molar-refractivity contribution >= 4 is 5.91 Å². The van der Waals surface area contributed by atoms with Crippen LogP contribution >= 0.6 is 0 Å². The van der Waals surface area contributed by atoms with Crippen LogP contribution < -0.4 is 11.1 Å². The lowest BCUT2D eigenvalue weighted by Crippen LogP contribution is -2.37. The second-order valence-electron chi connectivity index (χ2n) is 6.82. The average molecular weight is 304 g/mol. The maximum absolute atomic E-state index is 14.2. The van der Waals surface area contributed by atoms with E-state index in [-0.39, 0.29) is 29.7 Å². The van der Waals surface area contributed by atoms with Gasteiger partial charge >= 0.3 is 0 Å². The van der Waals surface area contributed by atoms with Crippen LogP contribution in [0.3, 0.4) is 0 Å². The van der Waals surface area contributed by atoms with Gasteiger partial charge < -0.3 is 11.1 Å². The molecule has 3 unspecified atom stereocenters. The Labute approximate surface area is 131 Å². The molecule has 2 aliphatic rings. The van der Waals surface area contributed by atoms with Crippen molar-refractivity contribution in [3.05, 3.63) is 35.6 Å². The summed E-state index contributed by atoms with van der Waals surface area (Å²) in [5.74, 6) is 0.164. The van der Waals surface area contributed by atoms with Crippen molar-refractivity contribution in [1.29, 1.82) is 0 Å². The zero-order valence-corrected chi connectivity index (χ0v) is 12.9. The number of hydrogen-bond donors (Lipinski definition) is 2. The third kappa shape index (κ3) is 3.32. The number of rotatable bonds is 4. The molecule has 3 rings (SSSR count). The third-order valence-corrected chi connectivity index (χ3v) is 5.25. The third-order valence-electron chi connectivity index (χ3n) is 5.25. The van der Waals surface area contributed by atoms with E-state index in [1.807, 2.05) is 6.07 Å². The summed E-state index contributed by atoms with van der Waals surface area (Å²) in [6.45, 7) is 0. The number of carbonyl (C=O) groups excluding carboxylic acids is 1. The average Bonchev–Trinajstić information content (AvgIpc) is 3.17. The van der Waals surface area contributed by atoms with Crippen LogP contribution in [-0.4, -0.2) is 11.9 Å². The normalized spacial score (nSPS) is 27.0. The molecule has 0 spiro atoms. The Kier molecular flexibility index (Phi) is 4.77. The Morgan fingerprint density at radius 1 is 1.18 bits per heavy atom. The Morgan fingerprint density at radius 3 is 2.55 bits per heavy atom. The Morgan fingerprint density at radius 2 is 1.91 bits per heavy atom. The molecule has 4 heteroatoms. The van der Waals surface area contributed by atoms with Gasteiger partial charge in [-0.1, -0.05) is 31.0 Å². The molecule has 0 aliphatic heterocycles. The fraction of sp³-hybridized carbons (Fsp3) is 0.611. The summed E-state index contributed by atoms with van der Waals surface area (Å²) in [6, 6.07) is 6.76. The number of nitrogens with two attached hydrogens (primary N) is 1. The minimum atomic E-state index is -0.220.